The Morgan fingerprint density at radius 2 is 2.10 bits per heavy atom. The molecule has 1 aromatic heterocycles. The van der Waals surface area contributed by atoms with Crippen LogP contribution in [-0.4, -0.2) is 30.0 Å². The summed E-state index contributed by atoms with van der Waals surface area (Å²) < 4.78 is 0. The molecule has 6 heteroatoms. The summed E-state index contributed by atoms with van der Waals surface area (Å²) in [5, 5.41) is 13.9. The van der Waals surface area contributed by atoms with Crippen molar-refractivity contribution in [3.8, 4) is 0 Å². The number of hydrogen-bond donors (Lipinski definition) is 1. The lowest BCUT2D eigenvalue weighted by Gasteiger charge is -2.24. The maximum absolute atomic E-state index is 11.0. The van der Waals surface area contributed by atoms with Crippen LogP contribution in [-0.2, 0) is 0 Å². The number of anilines is 2. The van der Waals surface area contributed by atoms with Gasteiger partial charge in [0.15, 0.2) is 0 Å². The molecule has 1 N–H and O–H groups in total. The Labute approximate surface area is 119 Å². The fourth-order valence-electron chi connectivity index (χ4n) is 2.55. The van der Waals surface area contributed by atoms with Crippen LogP contribution in [0.15, 0.2) is 12.1 Å². The molecule has 20 heavy (non-hydrogen) atoms. The highest BCUT2D eigenvalue weighted by molar-refractivity contribution is 5.55. The van der Waals surface area contributed by atoms with E-state index >= 15 is 0 Å². The maximum Gasteiger partial charge on any atom is 0.276 e. The topological polar surface area (TPSA) is 71.3 Å². The molecule has 0 atom stereocenters. The second-order valence-corrected chi connectivity index (χ2v) is 6.08. The van der Waals surface area contributed by atoms with Gasteiger partial charge in [-0.15, -0.1) is 0 Å². The van der Waals surface area contributed by atoms with E-state index in [-0.39, 0.29) is 10.6 Å². The van der Waals surface area contributed by atoms with E-state index in [1.807, 2.05) is 0 Å². The van der Waals surface area contributed by atoms with Gasteiger partial charge >= 0.3 is 0 Å². The average Bonchev–Trinajstić information content (AvgIpc) is 2.59. The molecule has 2 heterocycles. The number of rotatable bonds is 3. The summed E-state index contributed by atoms with van der Waals surface area (Å²) >= 11 is 0. The molecular formula is C14H22N4O2. The number of pyridine rings is 1. The number of nitro groups is 1. The summed E-state index contributed by atoms with van der Waals surface area (Å²) in [5.41, 5.74) is 0.421. The third-order valence-corrected chi connectivity index (χ3v) is 3.93. The lowest BCUT2D eigenvalue weighted by Crippen LogP contribution is -2.26. The van der Waals surface area contributed by atoms with E-state index < -0.39 is 0 Å². The first kappa shape index (κ1) is 14.6. The second-order valence-electron chi connectivity index (χ2n) is 6.08. The monoisotopic (exact) mass is 278 g/mol. The third-order valence-electron chi connectivity index (χ3n) is 3.93. The quantitative estimate of drug-likeness (QED) is 0.679. The van der Waals surface area contributed by atoms with Crippen molar-refractivity contribution in [2.45, 2.75) is 33.1 Å². The van der Waals surface area contributed by atoms with E-state index in [1.54, 1.807) is 13.1 Å². The summed E-state index contributed by atoms with van der Waals surface area (Å²) in [6, 6.07) is 3.03. The van der Waals surface area contributed by atoms with Crippen LogP contribution in [0.3, 0.4) is 0 Å². The molecule has 2 rings (SSSR count). The molecule has 0 saturated carbocycles. The third kappa shape index (κ3) is 3.37. The number of nitrogens with one attached hydrogen (secondary N) is 1. The Balaban J connectivity index is 2.27. The molecule has 0 amide bonds. The summed E-state index contributed by atoms with van der Waals surface area (Å²) in [5.74, 6) is 1.24. The van der Waals surface area contributed by atoms with Gasteiger partial charge in [0.1, 0.15) is 11.6 Å². The van der Waals surface area contributed by atoms with Gasteiger partial charge in [0, 0.05) is 20.1 Å². The van der Waals surface area contributed by atoms with E-state index in [1.165, 1.54) is 12.5 Å². The van der Waals surface area contributed by atoms with Gasteiger partial charge in [-0.05, 0) is 24.7 Å². The first-order valence-electron chi connectivity index (χ1n) is 7.00. The zero-order valence-corrected chi connectivity index (χ0v) is 12.3. The molecule has 110 valence electrons. The molecule has 1 aliphatic heterocycles. The molecule has 0 aromatic carbocycles. The van der Waals surface area contributed by atoms with Gasteiger partial charge in [-0.25, -0.2) is 4.98 Å². The number of nitrogens with zero attached hydrogens (tertiary/aromatic N) is 3. The van der Waals surface area contributed by atoms with Gasteiger partial charge in [0.2, 0.25) is 0 Å². The van der Waals surface area contributed by atoms with E-state index in [9.17, 15) is 10.1 Å². The van der Waals surface area contributed by atoms with Gasteiger partial charge in [-0.1, -0.05) is 13.8 Å². The standard InChI is InChI=1S/C14H22N4O2/c1-14(2)5-4-7-17(8-6-14)13-10-11(18(19)20)9-12(15-3)16-13/h9-10H,4-8H2,1-3H3,(H,15,16). The summed E-state index contributed by atoms with van der Waals surface area (Å²) in [7, 11) is 1.72. The maximum atomic E-state index is 11.0. The van der Waals surface area contributed by atoms with Gasteiger partial charge in [0.25, 0.3) is 5.69 Å². The molecule has 0 spiro atoms. The predicted molar refractivity (Wildman–Crippen MR) is 80.3 cm³/mol. The van der Waals surface area contributed by atoms with Crippen molar-refractivity contribution in [2.24, 2.45) is 5.41 Å². The van der Waals surface area contributed by atoms with Gasteiger partial charge in [-0.2, -0.15) is 0 Å². The van der Waals surface area contributed by atoms with Crippen molar-refractivity contribution in [3.63, 3.8) is 0 Å². The minimum absolute atomic E-state index is 0.0860. The minimum Gasteiger partial charge on any atom is -0.373 e. The van der Waals surface area contributed by atoms with Crippen molar-refractivity contribution >= 4 is 17.3 Å². The van der Waals surface area contributed by atoms with Crippen molar-refractivity contribution < 1.29 is 4.92 Å². The Morgan fingerprint density at radius 3 is 2.75 bits per heavy atom. The SMILES string of the molecule is CNc1cc([N+](=O)[O-])cc(N2CCCC(C)(C)CC2)n1. The summed E-state index contributed by atoms with van der Waals surface area (Å²) in [4.78, 5) is 17.3. The molecule has 0 radical (unpaired) electrons. The van der Waals surface area contributed by atoms with Crippen molar-refractivity contribution in [3.05, 3.63) is 22.2 Å². The highest BCUT2D eigenvalue weighted by Crippen LogP contribution is 2.32. The van der Waals surface area contributed by atoms with E-state index in [0.717, 1.165) is 25.9 Å². The highest BCUT2D eigenvalue weighted by atomic mass is 16.6. The lowest BCUT2D eigenvalue weighted by molar-refractivity contribution is -0.384. The lowest BCUT2D eigenvalue weighted by atomic mass is 9.85. The molecule has 0 bridgehead atoms. The fourth-order valence-corrected chi connectivity index (χ4v) is 2.55. The van der Waals surface area contributed by atoms with Crippen molar-refractivity contribution in [2.75, 3.05) is 30.4 Å². The fraction of sp³-hybridized carbons (Fsp3) is 0.643. The molecule has 0 aliphatic carbocycles. The molecule has 0 unspecified atom stereocenters. The smallest absolute Gasteiger partial charge is 0.276 e. The summed E-state index contributed by atoms with van der Waals surface area (Å²) in [6.07, 6.45) is 3.34. The summed E-state index contributed by atoms with van der Waals surface area (Å²) in [6.45, 7) is 6.35. The second kappa shape index (κ2) is 5.64. The van der Waals surface area contributed by atoms with Crippen molar-refractivity contribution in [1.82, 2.24) is 4.98 Å². The molecule has 1 aliphatic rings. The van der Waals surface area contributed by atoms with Crippen LogP contribution in [0.4, 0.5) is 17.3 Å². The molecule has 1 fully saturated rings. The van der Waals surface area contributed by atoms with E-state index in [4.69, 9.17) is 0 Å². The van der Waals surface area contributed by atoms with Crippen LogP contribution in [0.5, 0.6) is 0 Å². The van der Waals surface area contributed by atoms with Crippen LogP contribution in [0, 0.1) is 15.5 Å². The average molecular weight is 278 g/mol. The highest BCUT2D eigenvalue weighted by Gasteiger charge is 2.24. The number of hydrogen-bond acceptors (Lipinski definition) is 5. The minimum atomic E-state index is -0.367. The normalized spacial score (nSPS) is 18.4. The van der Waals surface area contributed by atoms with Gasteiger partial charge < -0.3 is 10.2 Å². The Hall–Kier alpha value is -1.85. The molecule has 1 saturated heterocycles. The molecular weight excluding hydrogens is 256 g/mol. The van der Waals surface area contributed by atoms with Crippen LogP contribution < -0.4 is 10.2 Å². The van der Waals surface area contributed by atoms with E-state index in [0.29, 0.717) is 17.1 Å². The zero-order chi connectivity index (χ0) is 14.8. The predicted octanol–water partition coefficient (Wildman–Crippen LogP) is 3.05. The Bertz CT molecular complexity index is 502. The van der Waals surface area contributed by atoms with E-state index in [2.05, 4.69) is 29.0 Å². The first-order chi connectivity index (χ1) is 9.41. The van der Waals surface area contributed by atoms with Gasteiger partial charge in [0.05, 0.1) is 17.1 Å². The largest absolute Gasteiger partial charge is 0.373 e. The molecule has 6 nitrogen and oxygen atoms in total. The Morgan fingerprint density at radius 1 is 1.35 bits per heavy atom. The van der Waals surface area contributed by atoms with Crippen LogP contribution in [0.25, 0.3) is 0 Å². The first-order valence-corrected chi connectivity index (χ1v) is 7.00. The van der Waals surface area contributed by atoms with Crippen molar-refractivity contribution in [1.29, 1.82) is 0 Å². The van der Waals surface area contributed by atoms with Gasteiger partial charge in [-0.3, -0.25) is 10.1 Å². The van der Waals surface area contributed by atoms with Crippen LogP contribution in [0.1, 0.15) is 33.1 Å². The van der Waals surface area contributed by atoms with Crippen LogP contribution >= 0.6 is 0 Å². The van der Waals surface area contributed by atoms with Crippen LogP contribution in [0.2, 0.25) is 0 Å². The number of aromatic nitrogens is 1. The zero-order valence-electron chi connectivity index (χ0n) is 12.3. The molecule has 1 aromatic rings. The Kier molecular flexibility index (Phi) is 4.11.